The third kappa shape index (κ3) is 4.33. The van der Waals surface area contributed by atoms with E-state index in [0.29, 0.717) is 6.61 Å². The first-order valence-corrected chi connectivity index (χ1v) is 9.09. The van der Waals surface area contributed by atoms with E-state index < -0.39 is 14.3 Å². The summed E-state index contributed by atoms with van der Waals surface area (Å²) in [6.07, 6.45) is 2.86. The molecule has 0 spiro atoms. The molecule has 0 N–H and O–H groups in total. The molecule has 0 aromatic heterocycles. The standard InChI is InChI=1S/C12H26O4Si/c1-5-10-17(4,13-3)16-11-12(6-2)14-8-7-9-15-12/h5-11H2,1-4H3. The lowest BCUT2D eigenvalue weighted by Gasteiger charge is -2.38. The van der Waals surface area contributed by atoms with Gasteiger partial charge in [-0.25, -0.2) is 0 Å². The smallest absolute Gasteiger partial charge is 0.334 e. The van der Waals surface area contributed by atoms with Crippen LogP contribution >= 0.6 is 0 Å². The second-order valence-electron chi connectivity index (χ2n) is 4.69. The SMILES string of the molecule is CCC[Si](C)(OC)OCC1(CC)OCCCO1. The molecule has 0 radical (unpaired) electrons. The van der Waals surface area contributed by atoms with Crippen LogP contribution in [0.1, 0.15) is 33.1 Å². The summed E-state index contributed by atoms with van der Waals surface area (Å²) in [6.45, 7) is 8.33. The summed E-state index contributed by atoms with van der Waals surface area (Å²) in [7, 11) is -0.291. The quantitative estimate of drug-likeness (QED) is 0.661. The van der Waals surface area contributed by atoms with Crippen molar-refractivity contribution in [2.45, 2.75) is 51.5 Å². The fourth-order valence-corrected chi connectivity index (χ4v) is 3.86. The fraction of sp³-hybridized carbons (Fsp3) is 1.00. The monoisotopic (exact) mass is 262 g/mol. The van der Waals surface area contributed by atoms with Crippen LogP contribution in [0, 0.1) is 0 Å². The number of hydrogen-bond donors (Lipinski definition) is 0. The summed E-state index contributed by atoms with van der Waals surface area (Å²) in [5.41, 5.74) is 0. The first-order chi connectivity index (χ1) is 8.10. The maximum absolute atomic E-state index is 6.02. The Morgan fingerprint density at radius 3 is 2.35 bits per heavy atom. The van der Waals surface area contributed by atoms with E-state index in [4.69, 9.17) is 18.3 Å². The van der Waals surface area contributed by atoms with Gasteiger partial charge in [-0.3, -0.25) is 0 Å². The van der Waals surface area contributed by atoms with Crippen molar-refractivity contribution >= 4 is 8.56 Å². The van der Waals surface area contributed by atoms with Gasteiger partial charge in [0.1, 0.15) is 0 Å². The van der Waals surface area contributed by atoms with Gasteiger partial charge in [-0.05, 0) is 19.0 Å². The summed E-state index contributed by atoms with van der Waals surface area (Å²) in [4.78, 5) is 0. The van der Waals surface area contributed by atoms with Crippen molar-refractivity contribution < 1.29 is 18.3 Å². The number of rotatable bonds is 7. The van der Waals surface area contributed by atoms with E-state index in [0.717, 1.165) is 38.5 Å². The Morgan fingerprint density at radius 2 is 1.88 bits per heavy atom. The van der Waals surface area contributed by atoms with Crippen molar-refractivity contribution in [1.29, 1.82) is 0 Å². The Labute approximate surface area is 106 Å². The molecule has 5 heteroatoms. The Kier molecular flexibility index (Phi) is 6.09. The van der Waals surface area contributed by atoms with E-state index in [1.54, 1.807) is 7.11 Å². The maximum atomic E-state index is 6.02. The highest BCUT2D eigenvalue weighted by atomic mass is 28.4. The molecule has 1 fully saturated rings. The van der Waals surface area contributed by atoms with Gasteiger partial charge < -0.3 is 18.3 Å². The molecule has 1 aliphatic heterocycles. The molecule has 0 saturated carbocycles. The molecule has 1 aliphatic rings. The lowest BCUT2D eigenvalue weighted by Crippen LogP contribution is -2.49. The maximum Gasteiger partial charge on any atom is 0.334 e. The van der Waals surface area contributed by atoms with Crippen LogP contribution in [-0.4, -0.2) is 41.3 Å². The third-order valence-corrected chi connectivity index (χ3v) is 6.32. The lowest BCUT2D eigenvalue weighted by atomic mass is 10.2. The third-order valence-electron chi connectivity index (χ3n) is 3.29. The highest BCUT2D eigenvalue weighted by molar-refractivity contribution is 6.65. The minimum Gasteiger partial charge on any atom is -0.398 e. The van der Waals surface area contributed by atoms with Crippen LogP contribution in [-0.2, 0) is 18.3 Å². The topological polar surface area (TPSA) is 36.9 Å². The molecular formula is C12H26O4Si. The van der Waals surface area contributed by atoms with Crippen LogP contribution in [0.5, 0.6) is 0 Å². The Hall–Kier alpha value is 0.0569. The van der Waals surface area contributed by atoms with E-state index in [2.05, 4.69) is 20.4 Å². The van der Waals surface area contributed by atoms with Crippen LogP contribution in [0.4, 0.5) is 0 Å². The van der Waals surface area contributed by atoms with Gasteiger partial charge in [0.2, 0.25) is 0 Å². The molecule has 0 aromatic rings. The molecule has 0 aromatic carbocycles. The molecule has 17 heavy (non-hydrogen) atoms. The molecule has 1 saturated heterocycles. The van der Waals surface area contributed by atoms with Crippen molar-refractivity contribution in [2.75, 3.05) is 26.9 Å². The molecule has 0 aliphatic carbocycles. The second kappa shape index (κ2) is 6.85. The zero-order chi connectivity index (χ0) is 12.8. The molecule has 0 bridgehead atoms. The Balaban J connectivity index is 2.50. The van der Waals surface area contributed by atoms with E-state index >= 15 is 0 Å². The van der Waals surface area contributed by atoms with Crippen LogP contribution < -0.4 is 0 Å². The predicted molar refractivity (Wildman–Crippen MR) is 69.2 cm³/mol. The highest BCUT2D eigenvalue weighted by Crippen LogP contribution is 2.26. The zero-order valence-electron chi connectivity index (χ0n) is 11.6. The number of hydrogen-bond acceptors (Lipinski definition) is 4. The van der Waals surface area contributed by atoms with Crippen LogP contribution in [0.2, 0.25) is 12.6 Å². The van der Waals surface area contributed by atoms with E-state index in [1.165, 1.54) is 0 Å². The van der Waals surface area contributed by atoms with Gasteiger partial charge in [-0.1, -0.05) is 20.3 Å². The van der Waals surface area contributed by atoms with Crippen molar-refractivity contribution in [1.82, 2.24) is 0 Å². The fourth-order valence-electron chi connectivity index (χ4n) is 1.96. The molecule has 102 valence electrons. The molecule has 1 unspecified atom stereocenters. The van der Waals surface area contributed by atoms with E-state index in [1.807, 2.05) is 0 Å². The van der Waals surface area contributed by atoms with Gasteiger partial charge in [0.05, 0.1) is 19.8 Å². The van der Waals surface area contributed by atoms with E-state index in [-0.39, 0.29) is 0 Å². The molecule has 1 atom stereocenters. The lowest BCUT2D eigenvalue weighted by molar-refractivity contribution is -0.281. The minimum atomic E-state index is -2.03. The van der Waals surface area contributed by atoms with Crippen LogP contribution in [0.15, 0.2) is 0 Å². The Morgan fingerprint density at radius 1 is 1.24 bits per heavy atom. The Bertz CT molecular complexity index is 219. The summed E-state index contributed by atoms with van der Waals surface area (Å²) >= 11 is 0. The van der Waals surface area contributed by atoms with Crippen molar-refractivity contribution in [3.8, 4) is 0 Å². The van der Waals surface area contributed by atoms with Gasteiger partial charge in [0.25, 0.3) is 0 Å². The van der Waals surface area contributed by atoms with Gasteiger partial charge >= 0.3 is 8.56 Å². The summed E-state index contributed by atoms with van der Waals surface area (Å²) in [6, 6.07) is 1.00. The largest absolute Gasteiger partial charge is 0.398 e. The summed E-state index contributed by atoms with van der Waals surface area (Å²) < 4.78 is 23.1. The minimum absolute atomic E-state index is 0.486. The van der Waals surface area contributed by atoms with E-state index in [9.17, 15) is 0 Å². The van der Waals surface area contributed by atoms with Gasteiger partial charge in [-0.2, -0.15) is 0 Å². The molecule has 1 rings (SSSR count). The molecule has 1 heterocycles. The predicted octanol–water partition coefficient (Wildman–Crippen LogP) is 2.67. The van der Waals surface area contributed by atoms with Crippen molar-refractivity contribution in [3.63, 3.8) is 0 Å². The van der Waals surface area contributed by atoms with Gasteiger partial charge in [-0.15, -0.1) is 0 Å². The van der Waals surface area contributed by atoms with Crippen LogP contribution in [0.3, 0.4) is 0 Å². The first-order valence-electron chi connectivity index (χ1n) is 6.57. The first kappa shape index (κ1) is 15.1. The summed E-state index contributed by atoms with van der Waals surface area (Å²) in [5.74, 6) is -0.543. The van der Waals surface area contributed by atoms with Crippen molar-refractivity contribution in [3.05, 3.63) is 0 Å². The summed E-state index contributed by atoms with van der Waals surface area (Å²) in [5, 5.41) is 0. The normalized spacial score (nSPS) is 23.3. The number of ether oxygens (including phenoxy) is 2. The van der Waals surface area contributed by atoms with Crippen molar-refractivity contribution in [2.24, 2.45) is 0 Å². The van der Waals surface area contributed by atoms with Gasteiger partial charge in [0, 0.05) is 13.5 Å². The van der Waals surface area contributed by atoms with Crippen LogP contribution in [0.25, 0.3) is 0 Å². The average molecular weight is 262 g/mol. The molecule has 0 amide bonds. The average Bonchev–Trinajstić information content (AvgIpc) is 2.38. The second-order valence-corrected chi connectivity index (χ2v) is 8.16. The molecular weight excluding hydrogens is 236 g/mol. The zero-order valence-corrected chi connectivity index (χ0v) is 12.6. The highest BCUT2D eigenvalue weighted by Gasteiger charge is 2.38. The molecule has 4 nitrogen and oxygen atoms in total. The van der Waals surface area contributed by atoms with Gasteiger partial charge in [0.15, 0.2) is 5.79 Å².